The summed E-state index contributed by atoms with van der Waals surface area (Å²) in [5.41, 5.74) is 1.78. The summed E-state index contributed by atoms with van der Waals surface area (Å²) in [5, 5.41) is 0. The zero-order chi connectivity index (χ0) is 18.8. The van der Waals surface area contributed by atoms with Crippen molar-refractivity contribution in [1.29, 1.82) is 0 Å². The van der Waals surface area contributed by atoms with Gasteiger partial charge in [-0.25, -0.2) is 4.98 Å². The molecule has 0 aliphatic carbocycles. The molecule has 2 atom stereocenters. The van der Waals surface area contributed by atoms with Gasteiger partial charge in [-0.2, -0.15) is 0 Å². The third-order valence-corrected chi connectivity index (χ3v) is 5.65. The van der Waals surface area contributed by atoms with E-state index < -0.39 is 0 Å². The van der Waals surface area contributed by atoms with Crippen molar-refractivity contribution >= 4 is 11.7 Å². The molecule has 6 nitrogen and oxygen atoms in total. The molecule has 2 aromatic heterocycles. The fraction of sp³-hybridized carbons (Fsp3) is 0.476. The number of amides is 1. The molecule has 0 N–H and O–H groups in total. The minimum absolute atomic E-state index is 0.0614. The summed E-state index contributed by atoms with van der Waals surface area (Å²) >= 11 is 0. The van der Waals surface area contributed by atoms with E-state index in [2.05, 4.69) is 27.0 Å². The van der Waals surface area contributed by atoms with Crippen LogP contribution in [0.4, 0.5) is 5.82 Å². The average molecular weight is 365 g/mol. The van der Waals surface area contributed by atoms with Gasteiger partial charge >= 0.3 is 0 Å². The molecule has 5 heterocycles. The highest BCUT2D eigenvalue weighted by Gasteiger charge is 2.36. The van der Waals surface area contributed by atoms with E-state index in [-0.39, 0.29) is 5.91 Å². The van der Waals surface area contributed by atoms with Crippen LogP contribution in [0.25, 0.3) is 0 Å². The lowest BCUT2D eigenvalue weighted by molar-refractivity contribution is 0.0730. The number of carbonyl (C=O) groups is 1. The fourth-order valence-electron chi connectivity index (χ4n) is 4.20. The van der Waals surface area contributed by atoms with Gasteiger partial charge in [0.25, 0.3) is 5.91 Å². The normalized spacial score (nSPS) is 22.5. The van der Waals surface area contributed by atoms with Crippen LogP contribution in [-0.2, 0) is 6.54 Å². The summed E-state index contributed by atoms with van der Waals surface area (Å²) in [6.07, 6.45) is 6.02. The number of nitrogens with zero attached hydrogens (tertiary/aromatic N) is 5. The van der Waals surface area contributed by atoms with Crippen LogP contribution in [0.15, 0.2) is 42.7 Å². The summed E-state index contributed by atoms with van der Waals surface area (Å²) in [4.78, 5) is 28.2. The molecule has 0 unspecified atom stereocenters. The van der Waals surface area contributed by atoms with Crippen LogP contribution in [0.3, 0.4) is 0 Å². The van der Waals surface area contributed by atoms with Crippen LogP contribution >= 0.6 is 0 Å². The minimum Gasteiger partial charge on any atom is -0.363 e. The Labute approximate surface area is 160 Å². The van der Waals surface area contributed by atoms with Gasteiger partial charge in [0.2, 0.25) is 0 Å². The van der Waals surface area contributed by atoms with E-state index in [9.17, 15) is 4.79 Å². The van der Waals surface area contributed by atoms with Gasteiger partial charge < -0.3 is 9.80 Å². The third-order valence-electron chi connectivity index (χ3n) is 5.65. The Hall–Kier alpha value is -2.47. The van der Waals surface area contributed by atoms with Crippen LogP contribution in [0.2, 0.25) is 0 Å². The second kappa shape index (κ2) is 7.64. The second-order valence-electron chi connectivity index (χ2n) is 7.87. The van der Waals surface area contributed by atoms with E-state index in [0.717, 1.165) is 38.4 Å². The molecular weight excluding hydrogens is 338 g/mol. The van der Waals surface area contributed by atoms with Crippen molar-refractivity contribution in [3.63, 3.8) is 0 Å². The van der Waals surface area contributed by atoms with E-state index in [1.165, 1.54) is 12.0 Å². The molecule has 3 aliphatic heterocycles. The minimum atomic E-state index is 0.0614. The van der Waals surface area contributed by atoms with E-state index in [0.29, 0.717) is 17.7 Å². The molecule has 3 fully saturated rings. The molecule has 6 heteroatoms. The Morgan fingerprint density at radius 3 is 2.70 bits per heavy atom. The van der Waals surface area contributed by atoms with Crippen molar-refractivity contribution in [3.05, 3.63) is 54.0 Å². The molecule has 3 saturated heterocycles. The van der Waals surface area contributed by atoms with Crippen molar-refractivity contribution in [2.24, 2.45) is 5.92 Å². The molecule has 27 heavy (non-hydrogen) atoms. The van der Waals surface area contributed by atoms with Gasteiger partial charge in [0.1, 0.15) is 11.5 Å². The number of carbonyl (C=O) groups excluding carboxylic acids is 1. The molecule has 3 aliphatic rings. The SMILES string of the molecule is CN(C)c1ccc(CN2C[C@H]3CC[C@@H]2CN(C(=O)c2ccccn2)C3)cn1. The monoisotopic (exact) mass is 365 g/mol. The van der Waals surface area contributed by atoms with Gasteiger partial charge in [-0.05, 0) is 42.5 Å². The smallest absolute Gasteiger partial charge is 0.272 e. The first-order valence-electron chi connectivity index (χ1n) is 9.67. The Balaban J connectivity index is 1.46. The van der Waals surface area contributed by atoms with Gasteiger partial charge in [-0.1, -0.05) is 12.1 Å². The van der Waals surface area contributed by atoms with Gasteiger partial charge in [-0.15, -0.1) is 0 Å². The maximum Gasteiger partial charge on any atom is 0.272 e. The van der Waals surface area contributed by atoms with E-state index in [1.807, 2.05) is 48.3 Å². The molecule has 0 spiro atoms. The van der Waals surface area contributed by atoms with Crippen molar-refractivity contribution in [1.82, 2.24) is 19.8 Å². The van der Waals surface area contributed by atoms with Gasteiger partial charge in [0.15, 0.2) is 0 Å². The predicted molar refractivity (Wildman–Crippen MR) is 106 cm³/mol. The van der Waals surface area contributed by atoms with Crippen LogP contribution in [-0.4, -0.2) is 65.4 Å². The second-order valence-corrected chi connectivity index (χ2v) is 7.87. The van der Waals surface area contributed by atoms with Crippen molar-refractivity contribution in [2.75, 3.05) is 38.6 Å². The quantitative estimate of drug-likeness (QED) is 0.832. The number of fused-ring (bicyclic) bond motifs is 4. The zero-order valence-corrected chi connectivity index (χ0v) is 16.1. The van der Waals surface area contributed by atoms with Crippen LogP contribution in [0, 0.1) is 5.92 Å². The molecule has 5 rings (SSSR count). The standard InChI is InChI=1S/C21H27N5O/c1-24(2)20-9-7-16(11-23-20)12-25-13-17-6-8-18(25)15-26(14-17)21(27)19-5-3-4-10-22-19/h3-5,7,9-11,17-18H,6,8,12-15H2,1-2H3/t17-,18-/m1/s1. The average Bonchev–Trinajstić information content (AvgIpc) is 3.00. The topological polar surface area (TPSA) is 52.6 Å². The summed E-state index contributed by atoms with van der Waals surface area (Å²) in [6.45, 7) is 3.56. The first kappa shape index (κ1) is 17.9. The van der Waals surface area contributed by atoms with Crippen LogP contribution in [0.1, 0.15) is 28.9 Å². The summed E-state index contributed by atoms with van der Waals surface area (Å²) in [7, 11) is 4.01. The lowest BCUT2D eigenvalue weighted by Gasteiger charge is -2.36. The predicted octanol–water partition coefficient (Wildman–Crippen LogP) is 2.28. The highest BCUT2D eigenvalue weighted by Crippen LogP contribution is 2.30. The Morgan fingerprint density at radius 2 is 2.00 bits per heavy atom. The molecule has 0 aromatic carbocycles. The van der Waals surface area contributed by atoms with Gasteiger partial charge in [0.05, 0.1) is 0 Å². The fourth-order valence-corrected chi connectivity index (χ4v) is 4.20. The highest BCUT2D eigenvalue weighted by atomic mass is 16.2. The Kier molecular flexibility index (Phi) is 5.07. The number of aromatic nitrogens is 2. The number of piperidine rings is 1. The number of hydrogen-bond acceptors (Lipinski definition) is 5. The summed E-state index contributed by atoms with van der Waals surface area (Å²) in [6, 6.07) is 10.2. The molecule has 0 saturated carbocycles. The van der Waals surface area contributed by atoms with Crippen molar-refractivity contribution < 1.29 is 4.79 Å². The Morgan fingerprint density at radius 1 is 1.11 bits per heavy atom. The highest BCUT2D eigenvalue weighted by molar-refractivity contribution is 5.92. The number of rotatable bonds is 4. The molecular formula is C21H27N5O. The lowest BCUT2D eigenvalue weighted by Crippen LogP contribution is -2.44. The third kappa shape index (κ3) is 3.95. The number of hydrogen-bond donors (Lipinski definition) is 0. The largest absolute Gasteiger partial charge is 0.363 e. The Bertz CT molecular complexity index is 777. The molecule has 2 aromatic rings. The lowest BCUT2D eigenvalue weighted by atomic mass is 9.94. The molecule has 1 amide bonds. The molecule has 2 bridgehead atoms. The first-order chi connectivity index (χ1) is 13.1. The van der Waals surface area contributed by atoms with Crippen LogP contribution < -0.4 is 4.90 Å². The van der Waals surface area contributed by atoms with Crippen molar-refractivity contribution in [3.8, 4) is 0 Å². The zero-order valence-electron chi connectivity index (χ0n) is 16.1. The van der Waals surface area contributed by atoms with Crippen LogP contribution in [0.5, 0.6) is 0 Å². The number of pyridine rings is 2. The van der Waals surface area contributed by atoms with E-state index in [4.69, 9.17) is 0 Å². The van der Waals surface area contributed by atoms with Gasteiger partial charge in [-0.3, -0.25) is 14.7 Å². The summed E-state index contributed by atoms with van der Waals surface area (Å²) in [5.74, 6) is 1.57. The first-order valence-corrected chi connectivity index (χ1v) is 9.67. The maximum absolute atomic E-state index is 12.9. The van der Waals surface area contributed by atoms with E-state index in [1.54, 1.807) is 6.20 Å². The van der Waals surface area contributed by atoms with E-state index >= 15 is 0 Å². The van der Waals surface area contributed by atoms with Gasteiger partial charge in [0, 0.05) is 58.7 Å². The van der Waals surface area contributed by atoms with Crippen molar-refractivity contribution in [2.45, 2.75) is 25.4 Å². The summed E-state index contributed by atoms with van der Waals surface area (Å²) < 4.78 is 0. The maximum atomic E-state index is 12.9. The molecule has 142 valence electrons. The molecule has 0 radical (unpaired) electrons. The number of anilines is 1.